The minimum atomic E-state index is 0.0934. The third-order valence-electron chi connectivity index (χ3n) is 2.20. The van der Waals surface area contributed by atoms with Crippen LogP contribution >= 0.6 is 0 Å². The van der Waals surface area contributed by atoms with Crippen molar-refractivity contribution >= 4 is 0 Å². The summed E-state index contributed by atoms with van der Waals surface area (Å²) < 4.78 is 15.9. The normalized spacial score (nSPS) is 12.0. The Hall–Kier alpha value is -1.42. The van der Waals surface area contributed by atoms with E-state index in [-0.39, 0.29) is 12.5 Å². The molecule has 4 heteroatoms. The van der Waals surface area contributed by atoms with Crippen LogP contribution in [0.2, 0.25) is 0 Å². The van der Waals surface area contributed by atoms with E-state index in [0.717, 1.165) is 0 Å². The molecule has 1 N–H and O–H groups in total. The molecule has 0 aliphatic carbocycles. The molecule has 1 rings (SSSR count). The van der Waals surface area contributed by atoms with E-state index in [2.05, 4.69) is 0 Å². The summed E-state index contributed by atoms with van der Waals surface area (Å²) in [5.74, 6) is 1.94. The highest BCUT2D eigenvalue weighted by Crippen LogP contribution is 2.36. The third-order valence-corrected chi connectivity index (χ3v) is 2.20. The summed E-state index contributed by atoms with van der Waals surface area (Å²) in [6.07, 6.45) is 0. The van der Waals surface area contributed by atoms with Gasteiger partial charge in [0, 0.05) is 12.5 Å². The monoisotopic (exact) mass is 226 g/mol. The van der Waals surface area contributed by atoms with Gasteiger partial charge in [0.2, 0.25) is 5.75 Å². The maximum absolute atomic E-state index is 8.90. The molecular weight excluding hydrogens is 208 g/mol. The number of rotatable bonds is 6. The van der Waals surface area contributed by atoms with Crippen LogP contribution in [0.1, 0.15) is 6.92 Å². The lowest BCUT2D eigenvalue weighted by atomic mass is 10.2. The Balaban J connectivity index is 2.78. The van der Waals surface area contributed by atoms with Crippen LogP contribution in [0.3, 0.4) is 0 Å². The van der Waals surface area contributed by atoms with E-state index in [1.165, 1.54) is 0 Å². The van der Waals surface area contributed by atoms with Gasteiger partial charge in [-0.1, -0.05) is 13.0 Å². The topological polar surface area (TPSA) is 47.9 Å². The molecule has 1 aromatic rings. The number of methoxy groups -OCH3 is 2. The molecule has 4 nitrogen and oxygen atoms in total. The molecule has 0 saturated carbocycles. The van der Waals surface area contributed by atoms with E-state index in [1.807, 2.05) is 19.1 Å². The number of benzene rings is 1. The number of ether oxygens (including phenoxy) is 3. The van der Waals surface area contributed by atoms with Crippen molar-refractivity contribution in [3.05, 3.63) is 18.2 Å². The van der Waals surface area contributed by atoms with Crippen molar-refractivity contribution in [2.45, 2.75) is 6.92 Å². The first kappa shape index (κ1) is 12.6. The molecule has 0 aliphatic heterocycles. The lowest BCUT2D eigenvalue weighted by molar-refractivity contribution is 0.170. The first-order valence-corrected chi connectivity index (χ1v) is 5.17. The summed E-state index contributed by atoms with van der Waals surface area (Å²) in [6.45, 7) is 2.46. The van der Waals surface area contributed by atoms with Gasteiger partial charge in [-0.05, 0) is 12.1 Å². The van der Waals surface area contributed by atoms with Crippen LogP contribution in [0.4, 0.5) is 0 Å². The molecule has 90 valence electrons. The molecule has 0 amide bonds. The molecule has 0 bridgehead atoms. The Labute approximate surface area is 95.8 Å². The second-order valence-electron chi connectivity index (χ2n) is 3.59. The van der Waals surface area contributed by atoms with E-state index < -0.39 is 0 Å². The number of hydrogen-bond donors (Lipinski definition) is 1. The first-order valence-electron chi connectivity index (χ1n) is 5.17. The van der Waals surface area contributed by atoms with E-state index >= 15 is 0 Å². The van der Waals surface area contributed by atoms with Crippen LogP contribution in [0, 0.1) is 5.92 Å². The quantitative estimate of drug-likeness (QED) is 0.802. The van der Waals surface area contributed by atoms with Crippen molar-refractivity contribution < 1.29 is 19.3 Å². The van der Waals surface area contributed by atoms with Crippen molar-refractivity contribution in [2.75, 3.05) is 27.4 Å². The standard InChI is InChI=1S/C12H18O4/c1-9(7-13)8-16-11-6-4-5-10(14-2)12(11)15-3/h4-6,9,13H,7-8H2,1-3H3. The highest BCUT2D eigenvalue weighted by atomic mass is 16.5. The van der Waals surface area contributed by atoms with Crippen molar-refractivity contribution in [1.29, 1.82) is 0 Å². The zero-order chi connectivity index (χ0) is 12.0. The van der Waals surface area contributed by atoms with Gasteiger partial charge in [0.25, 0.3) is 0 Å². The lowest BCUT2D eigenvalue weighted by Crippen LogP contribution is -2.12. The molecule has 0 heterocycles. The van der Waals surface area contributed by atoms with Crippen molar-refractivity contribution in [3.8, 4) is 17.2 Å². The predicted molar refractivity (Wildman–Crippen MR) is 61.3 cm³/mol. The average Bonchev–Trinajstić information content (AvgIpc) is 2.34. The van der Waals surface area contributed by atoms with Crippen molar-refractivity contribution in [2.24, 2.45) is 5.92 Å². The Morgan fingerprint density at radius 1 is 1.19 bits per heavy atom. The molecular formula is C12H18O4. The second kappa shape index (κ2) is 6.23. The summed E-state index contributed by atoms with van der Waals surface area (Å²) >= 11 is 0. The van der Waals surface area contributed by atoms with Gasteiger partial charge in [-0.15, -0.1) is 0 Å². The zero-order valence-electron chi connectivity index (χ0n) is 9.90. The van der Waals surface area contributed by atoms with E-state index in [0.29, 0.717) is 23.9 Å². The molecule has 1 atom stereocenters. The van der Waals surface area contributed by atoms with Gasteiger partial charge in [0.15, 0.2) is 11.5 Å². The van der Waals surface area contributed by atoms with Gasteiger partial charge >= 0.3 is 0 Å². The molecule has 1 aromatic carbocycles. The van der Waals surface area contributed by atoms with Gasteiger partial charge < -0.3 is 19.3 Å². The van der Waals surface area contributed by atoms with Gasteiger partial charge in [0.1, 0.15) is 0 Å². The van der Waals surface area contributed by atoms with Crippen LogP contribution in [0.15, 0.2) is 18.2 Å². The maximum Gasteiger partial charge on any atom is 0.203 e. The van der Waals surface area contributed by atoms with Gasteiger partial charge in [-0.2, -0.15) is 0 Å². The fourth-order valence-corrected chi connectivity index (χ4v) is 1.26. The Kier molecular flexibility index (Phi) is 4.92. The zero-order valence-corrected chi connectivity index (χ0v) is 9.90. The molecule has 1 unspecified atom stereocenters. The molecule has 0 saturated heterocycles. The van der Waals surface area contributed by atoms with Crippen molar-refractivity contribution in [1.82, 2.24) is 0 Å². The largest absolute Gasteiger partial charge is 0.493 e. The van der Waals surface area contributed by atoms with Crippen molar-refractivity contribution in [3.63, 3.8) is 0 Å². The summed E-state index contributed by atoms with van der Waals surface area (Å²) in [4.78, 5) is 0. The predicted octanol–water partition coefficient (Wildman–Crippen LogP) is 1.71. The second-order valence-corrected chi connectivity index (χ2v) is 3.59. The molecule has 0 spiro atoms. The number of hydrogen-bond acceptors (Lipinski definition) is 4. The lowest BCUT2D eigenvalue weighted by Gasteiger charge is -2.15. The summed E-state index contributed by atoms with van der Waals surface area (Å²) in [5, 5.41) is 8.90. The highest BCUT2D eigenvalue weighted by molar-refractivity contribution is 5.50. The van der Waals surface area contributed by atoms with Crippen LogP contribution in [0.5, 0.6) is 17.2 Å². The Morgan fingerprint density at radius 2 is 1.88 bits per heavy atom. The molecule has 0 aromatic heterocycles. The van der Waals surface area contributed by atoms with Gasteiger partial charge in [-0.3, -0.25) is 0 Å². The van der Waals surface area contributed by atoms with Crippen LogP contribution in [-0.2, 0) is 0 Å². The SMILES string of the molecule is COc1cccc(OCC(C)CO)c1OC. The fourth-order valence-electron chi connectivity index (χ4n) is 1.26. The highest BCUT2D eigenvalue weighted by Gasteiger charge is 2.11. The summed E-state index contributed by atoms with van der Waals surface area (Å²) in [6, 6.07) is 5.45. The smallest absolute Gasteiger partial charge is 0.203 e. The Bertz CT molecular complexity index is 325. The minimum Gasteiger partial charge on any atom is -0.493 e. The molecule has 16 heavy (non-hydrogen) atoms. The van der Waals surface area contributed by atoms with E-state index in [9.17, 15) is 0 Å². The fraction of sp³-hybridized carbons (Fsp3) is 0.500. The maximum atomic E-state index is 8.90. The van der Waals surface area contributed by atoms with E-state index in [1.54, 1.807) is 20.3 Å². The minimum absolute atomic E-state index is 0.0934. The first-order chi connectivity index (χ1) is 7.72. The van der Waals surface area contributed by atoms with Crippen LogP contribution in [0.25, 0.3) is 0 Å². The van der Waals surface area contributed by atoms with Crippen LogP contribution in [-0.4, -0.2) is 32.5 Å². The van der Waals surface area contributed by atoms with Crippen LogP contribution < -0.4 is 14.2 Å². The summed E-state index contributed by atoms with van der Waals surface area (Å²) in [7, 11) is 3.15. The molecule has 0 fully saturated rings. The van der Waals surface area contributed by atoms with E-state index in [4.69, 9.17) is 19.3 Å². The third kappa shape index (κ3) is 3.03. The molecule has 0 aliphatic rings. The average molecular weight is 226 g/mol. The number of aliphatic hydroxyl groups is 1. The summed E-state index contributed by atoms with van der Waals surface area (Å²) in [5.41, 5.74) is 0. The van der Waals surface area contributed by atoms with Gasteiger partial charge in [0.05, 0.1) is 20.8 Å². The van der Waals surface area contributed by atoms with Gasteiger partial charge in [-0.25, -0.2) is 0 Å². The Morgan fingerprint density at radius 3 is 2.44 bits per heavy atom. The number of para-hydroxylation sites is 1. The number of aliphatic hydroxyl groups excluding tert-OH is 1. The molecule has 0 radical (unpaired) electrons.